The van der Waals surface area contributed by atoms with Crippen molar-refractivity contribution in [2.75, 3.05) is 11.9 Å². The van der Waals surface area contributed by atoms with Crippen molar-refractivity contribution >= 4 is 39.3 Å². The second kappa shape index (κ2) is 11.5. The summed E-state index contributed by atoms with van der Waals surface area (Å²) in [4.78, 5) is 24.5. The van der Waals surface area contributed by atoms with Crippen LogP contribution < -0.4 is 39.6 Å². The summed E-state index contributed by atoms with van der Waals surface area (Å²) >= 11 is 6.23. The molecule has 0 aliphatic heterocycles. The molecule has 0 atom stereocenters. The fourth-order valence-corrected chi connectivity index (χ4v) is 4.12. The third-order valence-electron chi connectivity index (χ3n) is 4.49. The summed E-state index contributed by atoms with van der Waals surface area (Å²) in [6.07, 6.45) is 0. The van der Waals surface area contributed by atoms with Crippen LogP contribution in [0.25, 0.3) is 0 Å². The molecular weight excluding hydrogens is 467 g/mol. The summed E-state index contributed by atoms with van der Waals surface area (Å²) in [5, 5.41) is 6.52. The number of carbonyl (C=O) groups excluding carboxylic acids is 2. The molecule has 0 saturated heterocycles. The Bertz CT molecular complexity index is 1080. The molecule has 172 valence electrons. The number of rotatable bonds is 7. The molecule has 0 spiro atoms. The maximum Gasteiger partial charge on any atom is 1.00 e. The van der Waals surface area contributed by atoms with E-state index in [2.05, 4.69) is 10.4 Å². The molecule has 0 aliphatic rings. The molecule has 2 rings (SSSR count). The van der Waals surface area contributed by atoms with Crippen molar-refractivity contribution in [1.29, 1.82) is 0 Å². The number of sulfonamides is 1. The number of aromatic nitrogens is 2. The number of urea groups is 1. The third-order valence-corrected chi connectivity index (χ3v) is 5.91. The molecule has 0 radical (unpaired) electrons. The quantitative estimate of drug-likeness (QED) is 0.440. The van der Waals surface area contributed by atoms with Crippen molar-refractivity contribution in [3.63, 3.8) is 0 Å². The number of esters is 1. The normalized spacial score (nSPS) is 11.3. The fourth-order valence-electron chi connectivity index (χ4n) is 2.99. The van der Waals surface area contributed by atoms with E-state index in [1.807, 2.05) is 32.4 Å². The van der Waals surface area contributed by atoms with Crippen LogP contribution in [0.1, 0.15) is 69.5 Å². The van der Waals surface area contributed by atoms with Gasteiger partial charge in [0.1, 0.15) is 5.69 Å². The zero-order valence-corrected chi connectivity index (χ0v) is 22.9. The van der Waals surface area contributed by atoms with Gasteiger partial charge in [0.25, 0.3) is 10.0 Å². The minimum absolute atomic E-state index is 0. The van der Waals surface area contributed by atoms with E-state index in [1.54, 1.807) is 19.1 Å². The van der Waals surface area contributed by atoms with Gasteiger partial charge in [0.05, 0.1) is 6.61 Å². The minimum atomic E-state index is -4.33. The van der Waals surface area contributed by atoms with Gasteiger partial charge in [-0.05, 0) is 42.0 Å². The predicted octanol–water partition coefficient (Wildman–Crippen LogP) is 1.12. The second-order valence-corrected chi connectivity index (χ2v) is 9.61. The van der Waals surface area contributed by atoms with Crippen molar-refractivity contribution in [3.8, 4) is 0 Å². The molecule has 0 unspecified atom stereocenters. The van der Waals surface area contributed by atoms with E-state index >= 15 is 0 Å². The van der Waals surface area contributed by atoms with E-state index in [0.29, 0.717) is 10.7 Å². The van der Waals surface area contributed by atoms with Crippen LogP contribution in [0.4, 0.5) is 10.5 Å². The van der Waals surface area contributed by atoms with Crippen LogP contribution in [-0.4, -0.2) is 36.8 Å². The van der Waals surface area contributed by atoms with Gasteiger partial charge >= 0.3 is 41.6 Å². The zero-order valence-electron chi connectivity index (χ0n) is 20.3. The smallest absolute Gasteiger partial charge is 1.00 e. The Morgan fingerprint density at radius 3 is 2.16 bits per heavy atom. The van der Waals surface area contributed by atoms with Gasteiger partial charge in [0.15, 0.2) is 5.03 Å². The van der Waals surface area contributed by atoms with Crippen LogP contribution in [0.2, 0.25) is 5.02 Å². The van der Waals surface area contributed by atoms with Crippen LogP contribution in [0.3, 0.4) is 0 Å². The van der Waals surface area contributed by atoms with Gasteiger partial charge in [-0.1, -0.05) is 39.3 Å². The van der Waals surface area contributed by atoms with Gasteiger partial charge in [-0.25, -0.2) is 14.3 Å². The molecule has 2 N–H and O–H groups in total. The number of anilines is 1. The molecule has 2 amide bonds. The van der Waals surface area contributed by atoms with E-state index < -0.39 is 27.0 Å². The molecule has 32 heavy (non-hydrogen) atoms. The summed E-state index contributed by atoms with van der Waals surface area (Å²) in [5.41, 5.74) is 2.03. The first-order valence-corrected chi connectivity index (χ1v) is 11.6. The van der Waals surface area contributed by atoms with E-state index in [1.165, 1.54) is 7.05 Å². The molecule has 1 heterocycles. The number of nitrogens with one attached hydrogen (secondary N) is 2. The maximum atomic E-state index is 12.6. The number of carbonyl (C=O) groups is 2. The number of aryl methyl sites for hydroxylation is 1. The van der Waals surface area contributed by atoms with Crippen LogP contribution in [0, 0.1) is 0 Å². The third kappa shape index (κ3) is 6.71. The van der Waals surface area contributed by atoms with Crippen molar-refractivity contribution in [2.24, 2.45) is 7.05 Å². The summed E-state index contributed by atoms with van der Waals surface area (Å²) in [6, 6.07) is 3.59. The first-order chi connectivity index (χ1) is 14.4. The van der Waals surface area contributed by atoms with Gasteiger partial charge in [-0.2, -0.15) is 13.5 Å². The molecule has 12 heteroatoms. The predicted molar refractivity (Wildman–Crippen MR) is 119 cm³/mol. The minimum Gasteiger partial charge on any atom is -1.00 e. The number of halogens is 1. The van der Waals surface area contributed by atoms with Crippen molar-refractivity contribution in [3.05, 3.63) is 40.0 Å². The van der Waals surface area contributed by atoms with Crippen LogP contribution in [0.15, 0.2) is 23.2 Å². The molecule has 2 aromatic rings. The van der Waals surface area contributed by atoms with Gasteiger partial charge < -0.3 is 11.5 Å². The first-order valence-electron chi connectivity index (χ1n) is 9.75. The molecular formula is C20H28ClN4NaO5S. The van der Waals surface area contributed by atoms with E-state index in [0.717, 1.165) is 21.9 Å². The summed E-state index contributed by atoms with van der Waals surface area (Å²) in [6.45, 7) is 9.54. The number of nitrogens with zero attached hydrogens (tertiary/aromatic N) is 2. The Balaban J connectivity index is 0.00000512. The monoisotopic (exact) mass is 494 g/mol. The van der Waals surface area contributed by atoms with Gasteiger partial charge in [0.2, 0.25) is 0 Å². The number of hydrogen-bond donors (Lipinski definition) is 2. The Hall–Kier alpha value is -1.59. The van der Waals surface area contributed by atoms with Crippen molar-refractivity contribution in [1.82, 2.24) is 14.5 Å². The second-order valence-electron chi connectivity index (χ2n) is 7.54. The van der Waals surface area contributed by atoms with E-state index in [-0.39, 0.29) is 55.1 Å². The Morgan fingerprint density at radius 2 is 1.69 bits per heavy atom. The molecule has 0 aliphatic carbocycles. The number of hydrogen-bond acceptors (Lipinski definition) is 6. The van der Waals surface area contributed by atoms with Crippen LogP contribution >= 0.6 is 11.6 Å². The molecule has 9 nitrogen and oxygen atoms in total. The Labute approximate surface area is 217 Å². The van der Waals surface area contributed by atoms with Crippen LogP contribution in [-0.2, 0) is 21.8 Å². The van der Waals surface area contributed by atoms with E-state index in [9.17, 15) is 18.0 Å². The van der Waals surface area contributed by atoms with Crippen molar-refractivity contribution < 1.29 is 53.7 Å². The summed E-state index contributed by atoms with van der Waals surface area (Å²) < 4.78 is 33.2. The molecule has 0 fully saturated rings. The first kappa shape index (κ1) is 28.4. The standard InChI is InChI=1S/C20H27ClN4O5S.Na.H/c1-7-30-19(26)16-10-17(23-25(16)6)31(28,29)24-20(27)22-18-14(11(2)3)8-13(21)9-15(18)12(4)5;;/h8-12H,7H2,1-6H3,(H2,22,24,27);;/q;+1;-1. The number of amides is 2. The molecule has 1 aromatic heterocycles. The Morgan fingerprint density at radius 1 is 1.16 bits per heavy atom. The van der Waals surface area contributed by atoms with Gasteiger partial charge in [-0.15, -0.1) is 0 Å². The average molecular weight is 495 g/mol. The number of benzene rings is 1. The SMILES string of the molecule is CCOC(=O)c1cc(S(=O)(=O)NC(=O)Nc2c(C(C)C)cc(Cl)cc2C(C)C)nn1C.[H-].[Na+]. The van der Waals surface area contributed by atoms with E-state index in [4.69, 9.17) is 16.3 Å². The van der Waals surface area contributed by atoms with Gasteiger partial charge in [-0.3, -0.25) is 4.68 Å². The summed E-state index contributed by atoms with van der Waals surface area (Å²) in [5.74, 6) is -0.648. The fraction of sp³-hybridized carbons (Fsp3) is 0.450. The average Bonchev–Trinajstić information content (AvgIpc) is 3.05. The van der Waals surface area contributed by atoms with Crippen LogP contribution in [0.5, 0.6) is 0 Å². The topological polar surface area (TPSA) is 119 Å². The molecule has 0 bridgehead atoms. The zero-order chi connectivity index (χ0) is 23.5. The maximum absolute atomic E-state index is 12.6. The molecule has 0 saturated carbocycles. The molecule has 1 aromatic carbocycles. The largest absolute Gasteiger partial charge is 1.00 e. The summed E-state index contributed by atoms with van der Waals surface area (Å²) in [7, 11) is -2.93. The van der Waals surface area contributed by atoms with Crippen molar-refractivity contribution in [2.45, 2.75) is 51.5 Å². The number of ether oxygens (including phenoxy) is 1. The van der Waals surface area contributed by atoms with Gasteiger partial charge in [0, 0.05) is 23.8 Å². The Kier molecular flexibility index (Phi) is 10.2.